The molecule has 15 heavy (non-hydrogen) atoms. The van der Waals surface area contributed by atoms with Gasteiger partial charge in [-0.3, -0.25) is 0 Å². The van der Waals surface area contributed by atoms with Crippen molar-refractivity contribution in [3.05, 3.63) is 35.0 Å². The van der Waals surface area contributed by atoms with Crippen LogP contribution in [0.1, 0.15) is 18.4 Å². The lowest BCUT2D eigenvalue weighted by Crippen LogP contribution is -1.97. The lowest BCUT2D eigenvalue weighted by Gasteiger charge is -2.05. The Labute approximate surface area is 94.1 Å². The molecule has 1 heterocycles. The van der Waals surface area contributed by atoms with Crippen molar-refractivity contribution in [1.82, 2.24) is 4.57 Å². The van der Waals surface area contributed by atoms with Gasteiger partial charge >= 0.3 is 0 Å². The van der Waals surface area contributed by atoms with Crippen LogP contribution in [0.5, 0.6) is 0 Å². The second-order valence-electron chi connectivity index (χ2n) is 3.94. The SMILES string of the molecule is CC(CO)c1cn(C)c2ccc(Cl)cc12. The molecule has 2 rings (SSSR count). The third-order valence-electron chi connectivity index (χ3n) is 2.79. The Morgan fingerprint density at radius 3 is 2.87 bits per heavy atom. The van der Waals surface area contributed by atoms with E-state index >= 15 is 0 Å². The molecule has 0 aliphatic heterocycles. The van der Waals surface area contributed by atoms with Crippen molar-refractivity contribution in [2.75, 3.05) is 6.61 Å². The van der Waals surface area contributed by atoms with E-state index in [0.717, 1.165) is 21.5 Å². The second-order valence-corrected chi connectivity index (χ2v) is 4.38. The molecule has 2 nitrogen and oxygen atoms in total. The number of rotatable bonds is 2. The third-order valence-corrected chi connectivity index (χ3v) is 3.02. The van der Waals surface area contributed by atoms with Crippen molar-refractivity contribution >= 4 is 22.5 Å². The van der Waals surface area contributed by atoms with E-state index in [1.165, 1.54) is 0 Å². The standard InChI is InChI=1S/C12H14ClNO/c1-8(7-15)11-6-14(2)12-4-3-9(13)5-10(11)12/h3-6,8,15H,7H2,1-2H3. The zero-order chi connectivity index (χ0) is 11.0. The summed E-state index contributed by atoms with van der Waals surface area (Å²) in [6, 6.07) is 5.85. The average Bonchev–Trinajstić information content (AvgIpc) is 2.54. The summed E-state index contributed by atoms with van der Waals surface area (Å²) in [5, 5.41) is 11.1. The van der Waals surface area contributed by atoms with Crippen LogP contribution < -0.4 is 0 Å². The van der Waals surface area contributed by atoms with E-state index in [4.69, 9.17) is 11.6 Å². The van der Waals surface area contributed by atoms with Gasteiger partial charge in [0.15, 0.2) is 0 Å². The molecule has 3 heteroatoms. The molecule has 0 fully saturated rings. The highest BCUT2D eigenvalue weighted by Crippen LogP contribution is 2.29. The minimum Gasteiger partial charge on any atom is -0.396 e. The smallest absolute Gasteiger partial charge is 0.0497 e. The molecule has 0 saturated heterocycles. The Bertz CT molecular complexity index is 490. The molecule has 1 N–H and O–H groups in total. The van der Waals surface area contributed by atoms with Gasteiger partial charge in [0, 0.05) is 41.7 Å². The van der Waals surface area contributed by atoms with Gasteiger partial charge in [0.25, 0.3) is 0 Å². The summed E-state index contributed by atoms with van der Waals surface area (Å²) in [5.41, 5.74) is 2.30. The Hall–Kier alpha value is -0.990. The van der Waals surface area contributed by atoms with Gasteiger partial charge in [-0.05, 0) is 23.8 Å². The van der Waals surface area contributed by atoms with Crippen LogP contribution in [0.15, 0.2) is 24.4 Å². The number of fused-ring (bicyclic) bond motifs is 1. The van der Waals surface area contributed by atoms with Crippen LogP contribution in [0.4, 0.5) is 0 Å². The topological polar surface area (TPSA) is 25.2 Å². The first kappa shape index (κ1) is 10.5. The Morgan fingerprint density at radius 2 is 2.20 bits per heavy atom. The first-order chi connectivity index (χ1) is 7.13. The van der Waals surface area contributed by atoms with E-state index in [1.54, 1.807) is 0 Å². The molecule has 1 unspecified atom stereocenters. The van der Waals surface area contributed by atoms with Crippen LogP contribution in [0.25, 0.3) is 10.9 Å². The largest absolute Gasteiger partial charge is 0.396 e. The van der Waals surface area contributed by atoms with Crippen molar-refractivity contribution < 1.29 is 5.11 Å². The normalized spacial score (nSPS) is 13.3. The van der Waals surface area contributed by atoms with Gasteiger partial charge in [0.2, 0.25) is 0 Å². The first-order valence-electron chi connectivity index (χ1n) is 4.99. The Balaban J connectivity index is 2.69. The number of aromatic nitrogens is 1. The number of hydrogen-bond acceptors (Lipinski definition) is 1. The maximum absolute atomic E-state index is 9.18. The fourth-order valence-electron chi connectivity index (χ4n) is 1.89. The highest BCUT2D eigenvalue weighted by molar-refractivity contribution is 6.31. The molecule has 0 aliphatic rings. The predicted molar refractivity (Wildman–Crippen MR) is 63.4 cm³/mol. The minimum atomic E-state index is 0.146. The van der Waals surface area contributed by atoms with Crippen LogP contribution in [0.3, 0.4) is 0 Å². The molecule has 0 amide bonds. The van der Waals surface area contributed by atoms with Gasteiger partial charge in [0.1, 0.15) is 0 Å². The number of aliphatic hydroxyl groups is 1. The average molecular weight is 224 g/mol. The molecule has 0 saturated carbocycles. The van der Waals surface area contributed by atoms with Crippen molar-refractivity contribution in [1.29, 1.82) is 0 Å². The summed E-state index contributed by atoms with van der Waals surface area (Å²) in [6.45, 7) is 2.17. The lowest BCUT2D eigenvalue weighted by atomic mass is 10.0. The van der Waals surface area contributed by atoms with Gasteiger partial charge in [-0.1, -0.05) is 18.5 Å². The van der Waals surface area contributed by atoms with Crippen LogP contribution in [0.2, 0.25) is 5.02 Å². The van der Waals surface area contributed by atoms with E-state index in [2.05, 4.69) is 10.8 Å². The van der Waals surface area contributed by atoms with Crippen molar-refractivity contribution in [3.8, 4) is 0 Å². The van der Waals surface area contributed by atoms with Gasteiger partial charge in [-0.25, -0.2) is 0 Å². The summed E-state index contributed by atoms with van der Waals surface area (Å²) in [4.78, 5) is 0. The highest BCUT2D eigenvalue weighted by atomic mass is 35.5. The molecule has 2 aromatic rings. The molecule has 1 atom stereocenters. The maximum Gasteiger partial charge on any atom is 0.0497 e. The molecular weight excluding hydrogens is 210 g/mol. The molecule has 1 aromatic heterocycles. The van der Waals surface area contributed by atoms with E-state index in [-0.39, 0.29) is 12.5 Å². The highest BCUT2D eigenvalue weighted by Gasteiger charge is 2.12. The fraction of sp³-hybridized carbons (Fsp3) is 0.333. The predicted octanol–water partition coefficient (Wildman–Crippen LogP) is 2.93. The quantitative estimate of drug-likeness (QED) is 0.832. The third kappa shape index (κ3) is 1.75. The van der Waals surface area contributed by atoms with Gasteiger partial charge in [-0.15, -0.1) is 0 Å². The summed E-state index contributed by atoms with van der Waals surface area (Å²) >= 11 is 5.98. The van der Waals surface area contributed by atoms with Crippen LogP contribution in [-0.2, 0) is 7.05 Å². The number of hydrogen-bond donors (Lipinski definition) is 1. The summed E-state index contributed by atoms with van der Waals surface area (Å²) < 4.78 is 2.06. The number of halogens is 1. The Kier molecular flexibility index (Phi) is 2.72. The minimum absolute atomic E-state index is 0.146. The lowest BCUT2D eigenvalue weighted by molar-refractivity contribution is 0.273. The zero-order valence-electron chi connectivity index (χ0n) is 8.87. The van der Waals surface area contributed by atoms with Crippen molar-refractivity contribution in [2.24, 2.45) is 7.05 Å². The molecule has 0 aliphatic carbocycles. The van der Waals surface area contributed by atoms with E-state index < -0.39 is 0 Å². The van der Waals surface area contributed by atoms with Crippen LogP contribution >= 0.6 is 11.6 Å². The van der Waals surface area contributed by atoms with Crippen LogP contribution in [-0.4, -0.2) is 16.3 Å². The maximum atomic E-state index is 9.18. The summed E-state index contributed by atoms with van der Waals surface area (Å²) in [6.07, 6.45) is 2.06. The summed E-state index contributed by atoms with van der Waals surface area (Å²) in [5.74, 6) is 0.146. The molecule has 80 valence electrons. The fourth-order valence-corrected chi connectivity index (χ4v) is 2.06. The van der Waals surface area contributed by atoms with E-state index in [1.807, 2.05) is 32.2 Å². The number of benzene rings is 1. The van der Waals surface area contributed by atoms with E-state index in [0.29, 0.717) is 0 Å². The Morgan fingerprint density at radius 1 is 1.47 bits per heavy atom. The van der Waals surface area contributed by atoms with Gasteiger partial charge in [0.05, 0.1) is 0 Å². The molecule has 1 aromatic carbocycles. The second kappa shape index (κ2) is 3.87. The van der Waals surface area contributed by atoms with E-state index in [9.17, 15) is 5.11 Å². The number of aliphatic hydroxyl groups excluding tert-OH is 1. The van der Waals surface area contributed by atoms with Crippen molar-refractivity contribution in [2.45, 2.75) is 12.8 Å². The molecule has 0 radical (unpaired) electrons. The van der Waals surface area contributed by atoms with Gasteiger partial charge < -0.3 is 9.67 Å². The zero-order valence-corrected chi connectivity index (χ0v) is 9.62. The molecule has 0 spiro atoms. The summed E-state index contributed by atoms with van der Waals surface area (Å²) in [7, 11) is 2.00. The molecule has 0 bridgehead atoms. The number of nitrogens with zero attached hydrogens (tertiary/aromatic N) is 1. The first-order valence-corrected chi connectivity index (χ1v) is 5.36. The van der Waals surface area contributed by atoms with Gasteiger partial charge in [-0.2, -0.15) is 0 Å². The van der Waals surface area contributed by atoms with Crippen molar-refractivity contribution in [3.63, 3.8) is 0 Å². The number of aryl methyl sites for hydroxylation is 1. The monoisotopic (exact) mass is 223 g/mol. The van der Waals surface area contributed by atoms with Crippen LogP contribution in [0, 0.1) is 0 Å². The molecular formula is C12H14ClNO.